The average molecular weight is 267 g/mol. The highest BCUT2D eigenvalue weighted by Crippen LogP contribution is 2.01. The van der Waals surface area contributed by atoms with Gasteiger partial charge in [0.1, 0.15) is 5.69 Å². The van der Waals surface area contributed by atoms with Crippen molar-refractivity contribution in [2.45, 2.75) is 19.5 Å². The molecule has 0 aromatic carbocycles. The third-order valence-electron chi connectivity index (χ3n) is 2.73. The molecule has 0 aliphatic rings. The second kappa shape index (κ2) is 6.69. The lowest BCUT2D eigenvalue weighted by Crippen LogP contribution is -2.43. The number of urea groups is 1. The molecule has 0 saturated heterocycles. The first kappa shape index (κ1) is 14.9. The predicted molar refractivity (Wildman–Crippen MR) is 67.7 cm³/mol. The van der Waals surface area contributed by atoms with E-state index in [9.17, 15) is 9.59 Å². The molecule has 19 heavy (non-hydrogen) atoms. The van der Waals surface area contributed by atoms with Crippen molar-refractivity contribution in [2.75, 3.05) is 13.7 Å². The van der Waals surface area contributed by atoms with Crippen LogP contribution in [0.15, 0.2) is 18.3 Å². The summed E-state index contributed by atoms with van der Waals surface area (Å²) in [7, 11) is 1.59. The number of carboxylic acid groups (broad SMARTS) is 1. The smallest absolute Gasteiger partial charge is 0.354 e. The van der Waals surface area contributed by atoms with E-state index in [4.69, 9.17) is 10.2 Å². The minimum absolute atomic E-state index is 0.0407. The summed E-state index contributed by atoms with van der Waals surface area (Å²) in [6, 6.07) is 2.38. The zero-order chi connectivity index (χ0) is 14.4. The highest BCUT2D eigenvalue weighted by Gasteiger charge is 2.14. The number of carbonyl (C=O) groups excluding carboxylic acids is 1. The Kier molecular flexibility index (Phi) is 5.25. The van der Waals surface area contributed by atoms with Crippen LogP contribution in [0.5, 0.6) is 0 Å². The molecule has 1 heterocycles. The van der Waals surface area contributed by atoms with Crippen LogP contribution in [0.1, 0.15) is 23.0 Å². The van der Waals surface area contributed by atoms with Gasteiger partial charge < -0.3 is 20.4 Å². The van der Waals surface area contributed by atoms with E-state index in [1.165, 1.54) is 17.2 Å². The molecule has 0 saturated carbocycles. The van der Waals surface area contributed by atoms with Crippen LogP contribution in [0.3, 0.4) is 0 Å². The largest absolute Gasteiger partial charge is 0.477 e. The Morgan fingerprint density at radius 2 is 2.16 bits per heavy atom. The fourth-order valence-electron chi connectivity index (χ4n) is 1.28. The van der Waals surface area contributed by atoms with Gasteiger partial charge in [-0.15, -0.1) is 0 Å². The van der Waals surface area contributed by atoms with Crippen LogP contribution in [-0.4, -0.2) is 51.8 Å². The molecule has 0 aliphatic carbocycles. The Bertz CT molecular complexity index is 447. The van der Waals surface area contributed by atoms with Crippen molar-refractivity contribution in [1.29, 1.82) is 0 Å². The number of nitrogens with one attached hydrogen (secondary N) is 1. The summed E-state index contributed by atoms with van der Waals surface area (Å²) in [5, 5.41) is 20.3. The Morgan fingerprint density at radius 3 is 2.63 bits per heavy atom. The molecule has 104 valence electrons. The second-order valence-corrected chi connectivity index (χ2v) is 4.16. The molecule has 1 aromatic heterocycles. The fraction of sp³-hybridized carbons (Fsp3) is 0.417. The average Bonchev–Trinajstić information content (AvgIpc) is 2.43. The second-order valence-electron chi connectivity index (χ2n) is 4.16. The minimum atomic E-state index is -1.09. The van der Waals surface area contributed by atoms with Gasteiger partial charge in [-0.05, 0) is 18.6 Å². The van der Waals surface area contributed by atoms with Crippen molar-refractivity contribution in [1.82, 2.24) is 15.2 Å². The maximum atomic E-state index is 11.7. The molecule has 2 amide bonds. The molecule has 0 bridgehead atoms. The number of hydrogen-bond donors (Lipinski definition) is 3. The number of carboxylic acids is 1. The fourth-order valence-corrected chi connectivity index (χ4v) is 1.28. The summed E-state index contributed by atoms with van der Waals surface area (Å²) in [5.41, 5.74) is 0.657. The van der Waals surface area contributed by atoms with Crippen molar-refractivity contribution >= 4 is 12.0 Å². The molecule has 7 nitrogen and oxygen atoms in total. The maximum Gasteiger partial charge on any atom is 0.354 e. The normalized spacial score (nSPS) is 11.7. The number of pyridine rings is 1. The van der Waals surface area contributed by atoms with Gasteiger partial charge in [0.2, 0.25) is 0 Å². The molecule has 1 unspecified atom stereocenters. The number of hydrogen-bond acceptors (Lipinski definition) is 4. The first-order chi connectivity index (χ1) is 8.95. The number of rotatable bonds is 5. The molecule has 0 aliphatic heterocycles. The molecule has 7 heteroatoms. The first-order valence-corrected chi connectivity index (χ1v) is 5.75. The van der Waals surface area contributed by atoms with Crippen LogP contribution in [0.2, 0.25) is 0 Å². The van der Waals surface area contributed by atoms with Gasteiger partial charge in [0, 0.05) is 19.8 Å². The Hall–Kier alpha value is -2.15. The summed E-state index contributed by atoms with van der Waals surface area (Å²) in [6.07, 6.45) is 1.40. The number of carbonyl (C=O) groups is 2. The van der Waals surface area contributed by atoms with Crippen LogP contribution >= 0.6 is 0 Å². The van der Waals surface area contributed by atoms with E-state index >= 15 is 0 Å². The highest BCUT2D eigenvalue weighted by molar-refractivity contribution is 5.85. The van der Waals surface area contributed by atoms with Gasteiger partial charge in [-0.1, -0.05) is 6.07 Å². The number of nitrogens with zero attached hydrogens (tertiary/aromatic N) is 2. The molecular weight excluding hydrogens is 250 g/mol. The Labute approximate surface area is 110 Å². The summed E-state index contributed by atoms with van der Waals surface area (Å²) >= 11 is 0. The van der Waals surface area contributed by atoms with Crippen molar-refractivity contribution < 1.29 is 19.8 Å². The van der Waals surface area contributed by atoms with E-state index < -0.39 is 5.97 Å². The van der Waals surface area contributed by atoms with Gasteiger partial charge in [0.15, 0.2) is 0 Å². The zero-order valence-corrected chi connectivity index (χ0v) is 10.8. The quantitative estimate of drug-likeness (QED) is 0.712. The standard InChI is InChI=1S/C12H17N3O4/c1-8(7-16)15(2)12(19)14-6-9-3-4-10(11(17)18)13-5-9/h3-5,8,16H,6-7H2,1-2H3,(H,14,19)(H,17,18). The van der Waals surface area contributed by atoms with Gasteiger partial charge in [-0.3, -0.25) is 0 Å². The SMILES string of the molecule is CC(CO)N(C)C(=O)NCc1ccc(C(=O)O)nc1. The van der Waals surface area contributed by atoms with Crippen molar-refractivity contribution in [3.63, 3.8) is 0 Å². The lowest BCUT2D eigenvalue weighted by atomic mass is 10.2. The van der Waals surface area contributed by atoms with Gasteiger partial charge in [0.05, 0.1) is 12.6 Å². The predicted octanol–water partition coefficient (Wildman–Crippen LogP) is 0.302. The van der Waals surface area contributed by atoms with Gasteiger partial charge in [0.25, 0.3) is 0 Å². The number of aromatic carboxylic acids is 1. The topological polar surface area (TPSA) is 103 Å². The van der Waals surface area contributed by atoms with Crippen LogP contribution in [0.4, 0.5) is 4.79 Å². The number of aliphatic hydroxyl groups is 1. The molecule has 0 spiro atoms. The maximum absolute atomic E-state index is 11.7. The number of likely N-dealkylation sites (N-methyl/N-ethyl adjacent to an activating group) is 1. The van der Waals surface area contributed by atoms with E-state index in [1.807, 2.05) is 0 Å². The summed E-state index contributed by atoms with van der Waals surface area (Å²) in [5.74, 6) is -1.09. The van der Waals surface area contributed by atoms with Gasteiger partial charge in [-0.2, -0.15) is 0 Å². The zero-order valence-electron chi connectivity index (χ0n) is 10.8. The molecule has 1 aromatic rings. The van der Waals surface area contributed by atoms with E-state index in [2.05, 4.69) is 10.3 Å². The van der Waals surface area contributed by atoms with Crippen LogP contribution in [0, 0.1) is 0 Å². The van der Waals surface area contributed by atoms with Gasteiger partial charge >= 0.3 is 12.0 Å². The molecular formula is C12H17N3O4. The van der Waals surface area contributed by atoms with Crippen LogP contribution in [-0.2, 0) is 6.54 Å². The van der Waals surface area contributed by atoms with E-state index in [0.717, 1.165) is 0 Å². The summed E-state index contributed by atoms with van der Waals surface area (Å²) in [6.45, 7) is 1.86. The summed E-state index contributed by atoms with van der Waals surface area (Å²) < 4.78 is 0. The van der Waals surface area contributed by atoms with Crippen molar-refractivity contribution in [3.8, 4) is 0 Å². The van der Waals surface area contributed by atoms with E-state index in [0.29, 0.717) is 5.56 Å². The third kappa shape index (κ3) is 4.22. The Morgan fingerprint density at radius 1 is 1.47 bits per heavy atom. The summed E-state index contributed by atoms with van der Waals surface area (Å²) in [4.78, 5) is 27.4. The van der Waals surface area contributed by atoms with E-state index in [-0.39, 0.29) is 30.9 Å². The number of aromatic nitrogens is 1. The monoisotopic (exact) mass is 267 g/mol. The van der Waals surface area contributed by atoms with Gasteiger partial charge in [-0.25, -0.2) is 14.6 Å². The molecule has 3 N–H and O–H groups in total. The van der Waals surface area contributed by atoms with Crippen molar-refractivity contribution in [3.05, 3.63) is 29.6 Å². The molecule has 0 radical (unpaired) electrons. The third-order valence-corrected chi connectivity index (χ3v) is 2.73. The number of aliphatic hydroxyl groups excluding tert-OH is 1. The van der Waals surface area contributed by atoms with Crippen molar-refractivity contribution in [2.24, 2.45) is 0 Å². The van der Waals surface area contributed by atoms with E-state index in [1.54, 1.807) is 20.0 Å². The highest BCUT2D eigenvalue weighted by atomic mass is 16.4. The molecule has 1 rings (SSSR count). The minimum Gasteiger partial charge on any atom is -0.477 e. The Balaban J connectivity index is 2.52. The first-order valence-electron chi connectivity index (χ1n) is 5.75. The van der Waals surface area contributed by atoms with Crippen LogP contribution < -0.4 is 5.32 Å². The van der Waals surface area contributed by atoms with Crippen LogP contribution in [0.25, 0.3) is 0 Å². The number of amides is 2. The lowest BCUT2D eigenvalue weighted by molar-refractivity contribution is 0.0690. The lowest BCUT2D eigenvalue weighted by Gasteiger charge is -2.23. The molecule has 1 atom stereocenters. The molecule has 0 fully saturated rings.